The first kappa shape index (κ1) is 27.5. The minimum Gasteiger partial charge on any atom is -0.412 e. The van der Waals surface area contributed by atoms with Gasteiger partial charge in [-0.3, -0.25) is 9.74 Å². The molecule has 4 atom stereocenters. The topological polar surface area (TPSA) is 54.6 Å². The Hall–Kier alpha value is -2.10. The molecule has 5 nitrogen and oxygen atoms in total. The number of hydrogen-bond acceptors (Lipinski definition) is 4. The summed E-state index contributed by atoms with van der Waals surface area (Å²) in [5.74, 6) is -0.653. The fraction of sp³-hybridized carbons (Fsp3) is 0.640. The molecule has 0 saturated carbocycles. The van der Waals surface area contributed by atoms with Crippen molar-refractivity contribution in [1.82, 2.24) is 9.88 Å². The fourth-order valence-corrected chi connectivity index (χ4v) is 5.71. The van der Waals surface area contributed by atoms with Gasteiger partial charge in [-0.2, -0.15) is 13.2 Å². The smallest absolute Gasteiger partial charge is 0.412 e. The number of carbonyl (C=O) groups is 1. The largest absolute Gasteiger partial charge is 0.479 e. The van der Waals surface area contributed by atoms with Crippen LogP contribution in [0.3, 0.4) is 0 Å². The average Bonchev–Trinajstić information content (AvgIpc) is 3.13. The number of nitrogens with zero attached hydrogens (tertiary/aromatic N) is 1. The van der Waals surface area contributed by atoms with Gasteiger partial charge in [-0.15, -0.1) is 0 Å². The van der Waals surface area contributed by atoms with Crippen LogP contribution < -0.4 is 9.12 Å². The maximum atomic E-state index is 13.6. The third-order valence-electron chi connectivity index (χ3n) is 6.53. The predicted octanol–water partition coefficient (Wildman–Crippen LogP) is 7.92. The molecule has 1 aromatic heterocycles. The number of piperidine rings is 1. The van der Waals surface area contributed by atoms with Gasteiger partial charge in [-0.25, -0.2) is 0 Å². The van der Waals surface area contributed by atoms with Crippen molar-refractivity contribution < 1.29 is 31.6 Å². The first-order chi connectivity index (χ1) is 16.2. The summed E-state index contributed by atoms with van der Waals surface area (Å²) < 4.78 is 56.4. The molecule has 2 heterocycles. The molecule has 1 N–H and O–H groups in total. The van der Waals surface area contributed by atoms with Crippen molar-refractivity contribution in [2.24, 2.45) is 11.3 Å². The average molecular weight is 519 g/mol. The van der Waals surface area contributed by atoms with E-state index < -0.39 is 23.3 Å². The summed E-state index contributed by atoms with van der Waals surface area (Å²) in [5.41, 5.74) is -3.59. The maximum absolute atomic E-state index is 13.6. The molecule has 0 aliphatic carbocycles. The molecule has 1 aliphatic rings. The number of nitrogens with one attached hydrogen (secondary N) is 1. The Bertz CT molecular complexity index is 1030. The quantitative estimate of drug-likeness (QED) is 0.299. The highest BCUT2D eigenvalue weighted by atomic mass is 32.2. The van der Waals surface area contributed by atoms with E-state index in [0.717, 1.165) is 19.3 Å². The summed E-state index contributed by atoms with van der Waals surface area (Å²) in [6, 6.07) is 2.92. The first-order valence-corrected chi connectivity index (χ1v) is 12.6. The second-order valence-electron chi connectivity index (χ2n) is 11.0. The van der Waals surface area contributed by atoms with Crippen LogP contribution in [0.4, 0.5) is 17.7 Å². The van der Waals surface area contributed by atoms with Crippen LogP contribution in [0.5, 0.6) is 11.5 Å². The van der Waals surface area contributed by atoms with Crippen molar-refractivity contribution in [2.45, 2.75) is 90.7 Å². The van der Waals surface area contributed by atoms with Crippen LogP contribution in [-0.4, -0.2) is 33.4 Å². The van der Waals surface area contributed by atoms with Crippen molar-refractivity contribution >= 4 is 28.9 Å². The molecule has 35 heavy (non-hydrogen) atoms. The van der Waals surface area contributed by atoms with Gasteiger partial charge in [-0.05, 0) is 61.1 Å². The van der Waals surface area contributed by atoms with Crippen LogP contribution in [0.15, 0.2) is 18.3 Å². The van der Waals surface area contributed by atoms with Crippen LogP contribution in [0.25, 0.3) is 10.9 Å². The summed E-state index contributed by atoms with van der Waals surface area (Å²) in [6.45, 7) is 12.6. The van der Waals surface area contributed by atoms with Crippen molar-refractivity contribution in [2.75, 3.05) is 0 Å². The van der Waals surface area contributed by atoms with Gasteiger partial charge in [0.25, 0.3) is 0 Å². The second kappa shape index (κ2) is 10.5. The number of fused-ring (bicyclic) bond motifs is 1. The Balaban J connectivity index is 1.89. The van der Waals surface area contributed by atoms with Gasteiger partial charge in [0.15, 0.2) is 17.8 Å². The highest BCUT2D eigenvalue weighted by Crippen LogP contribution is 2.45. The third-order valence-corrected chi connectivity index (χ3v) is 6.97. The fourth-order valence-electron chi connectivity index (χ4n) is 5.36. The molecule has 0 bridgehead atoms. The maximum Gasteiger partial charge on any atom is 0.479 e. The molecule has 0 radical (unpaired) electrons. The van der Waals surface area contributed by atoms with E-state index in [1.165, 1.54) is 12.1 Å². The number of rotatable bonds is 7. The normalized spacial score (nSPS) is 22.3. The molecule has 1 fully saturated rings. The number of likely N-dealkylation sites (tertiary alicyclic amines) is 1. The van der Waals surface area contributed by atoms with Gasteiger partial charge < -0.3 is 14.1 Å². The molecule has 1 aromatic carbocycles. The van der Waals surface area contributed by atoms with Crippen molar-refractivity contribution in [3.63, 3.8) is 0 Å². The van der Waals surface area contributed by atoms with E-state index in [9.17, 15) is 22.5 Å². The van der Waals surface area contributed by atoms with Crippen LogP contribution in [0, 0.1) is 11.3 Å². The zero-order valence-corrected chi connectivity index (χ0v) is 21.8. The highest BCUT2D eigenvalue weighted by Gasteiger charge is 2.37. The number of aromatic nitrogens is 1. The molecule has 3 rings (SSSR count). The Morgan fingerprint density at radius 2 is 1.91 bits per heavy atom. The van der Waals surface area contributed by atoms with Crippen LogP contribution in [-0.2, 0) is 4.79 Å². The lowest BCUT2D eigenvalue weighted by molar-refractivity contribution is -0.140. The predicted molar refractivity (Wildman–Crippen MR) is 130 cm³/mol. The lowest BCUT2D eigenvalue weighted by atomic mass is 9.79. The summed E-state index contributed by atoms with van der Waals surface area (Å²) in [4.78, 5) is 22.3. The number of carbonyl (C=O) groups excluding carboxylic acids is 1. The molecule has 2 aromatic rings. The number of alkyl halides is 3. The molecule has 4 unspecified atom stereocenters. The van der Waals surface area contributed by atoms with E-state index in [-0.39, 0.29) is 46.9 Å². The minimum atomic E-state index is -4.68. The molecule has 196 valence electrons. The molecule has 1 aliphatic heterocycles. The Labute approximate surface area is 208 Å². The van der Waals surface area contributed by atoms with Crippen molar-refractivity contribution in [1.29, 1.82) is 0 Å². The molecule has 1 saturated heterocycles. The number of benzene rings is 1. The summed E-state index contributed by atoms with van der Waals surface area (Å²) in [5, 5.41) is 0.267. The molecule has 0 spiro atoms. The van der Waals surface area contributed by atoms with Gasteiger partial charge in [0.1, 0.15) is 0 Å². The van der Waals surface area contributed by atoms with E-state index in [1.807, 2.05) is 11.8 Å². The van der Waals surface area contributed by atoms with E-state index >= 15 is 0 Å². The second-order valence-corrected chi connectivity index (χ2v) is 11.8. The Morgan fingerprint density at radius 1 is 1.23 bits per heavy atom. The lowest BCUT2D eigenvalue weighted by Crippen LogP contribution is -2.52. The van der Waals surface area contributed by atoms with Crippen molar-refractivity contribution in [3.8, 4) is 11.5 Å². The highest BCUT2D eigenvalue weighted by molar-refractivity contribution is 7.95. The van der Waals surface area contributed by atoms with Gasteiger partial charge >= 0.3 is 5.51 Å². The zero-order valence-electron chi connectivity index (χ0n) is 21.0. The lowest BCUT2D eigenvalue weighted by Gasteiger charge is -2.46. The summed E-state index contributed by atoms with van der Waals surface area (Å²) in [7, 11) is 0. The number of halogens is 4. The van der Waals surface area contributed by atoms with E-state index in [0.29, 0.717) is 17.0 Å². The van der Waals surface area contributed by atoms with Gasteiger partial charge in [0.2, 0.25) is 11.7 Å². The Morgan fingerprint density at radius 3 is 2.51 bits per heavy atom. The number of hydrogen-bond donors (Lipinski definition) is 1. The standard InChI is InChI=1S/C25H34F4N2O3S/c1-14-9-16(3)31(17(10-14)12-24(4,5)6)21(32)11-15(2)18-13-30-19-7-8-20(33-29)23(22(18)19)34-35-25(26,27)28/h7-8,13-17,30H,9-12H2,1-6H3. The van der Waals surface area contributed by atoms with E-state index in [2.05, 4.69) is 44.5 Å². The molecule has 10 heteroatoms. The first-order valence-electron chi connectivity index (χ1n) is 11.9. The van der Waals surface area contributed by atoms with Gasteiger partial charge in [0, 0.05) is 34.7 Å². The molecule has 1 amide bonds. The SMILES string of the molecule is CC1CC(C)N(C(=O)CC(C)c2c[nH]c3ccc(OF)c(OSC(F)(F)F)c23)C(CC(C)(C)C)C1. The van der Waals surface area contributed by atoms with E-state index in [1.54, 1.807) is 6.20 Å². The number of aromatic amines is 1. The summed E-state index contributed by atoms with van der Waals surface area (Å²) in [6.07, 6.45) is 4.55. The third kappa shape index (κ3) is 6.77. The van der Waals surface area contributed by atoms with Crippen molar-refractivity contribution in [3.05, 3.63) is 23.9 Å². The zero-order chi connectivity index (χ0) is 26.1. The monoisotopic (exact) mass is 518 g/mol. The van der Waals surface area contributed by atoms with Crippen LogP contribution in [0.1, 0.15) is 78.7 Å². The van der Waals surface area contributed by atoms with Gasteiger partial charge in [-0.1, -0.05) is 34.6 Å². The number of H-pyrrole nitrogens is 1. The van der Waals surface area contributed by atoms with Gasteiger partial charge in [0.05, 0.1) is 5.39 Å². The minimum absolute atomic E-state index is 0.00512. The van der Waals surface area contributed by atoms with E-state index in [4.69, 9.17) is 4.18 Å². The molecular formula is C25H34F4N2O3S. The summed E-state index contributed by atoms with van der Waals surface area (Å²) >= 11 is -0.738. The Kier molecular flexibility index (Phi) is 8.23. The van der Waals surface area contributed by atoms with Crippen LogP contribution in [0.2, 0.25) is 0 Å². The van der Waals surface area contributed by atoms with Crippen LogP contribution >= 0.6 is 12.0 Å². The number of amides is 1. The molecular weight excluding hydrogens is 484 g/mol.